The van der Waals surface area contributed by atoms with Crippen LogP contribution in [0.5, 0.6) is 0 Å². The molecular weight excluding hydrogens is 210 g/mol. The number of hydrogen-bond acceptors (Lipinski definition) is 3. The highest BCUT2D eigenvalue weighted by atomic mass is 32.2. The topological polar surface area (TPSA) is 57.9 Å². The number of rotatable bonds is 3. The average molecular weight is 223 g/mol. The van der Waals surface area contributed by atoms with Crippen LogP contribution in [-0.4, -0.2) is 13.7 Å². The molecule has 0 aliphatic heterocycles. The lowest BCUT2D eigenvalue weighted by Crippen LogP contribution is -2.16. The molecule has 0 saturated carbocycles. The Bertz CT molecular complexity index is 484. The summed E-state index contributed by atoms with van der Waals surface area (Å²) in [5, 5.41) is 8.40. The molecule has 3 nitrogen and oxygen atoms in total. The predicted molar refractivity (Wildman–Crippen MR) is 58.9 cm³/mol. The average Bonchev–Trinajstić information content (AvgIpc) is 2.18. The van der Waals surface area contributed by atoms with Crippen LogP contribution >= 0.6 is 0 Å². The van der Waals surface area contributed by atoms with E-state index in [2.05, 4.69) is 0 Å². The van der Waals surface area contributed by atoms with Crippen LogP contribution in [0.4, 0.5) is 0 Å². The molecule has 1 aromatic rings. The van der Waals surface area contributed by atoms with Gasteiger partial charge in [-0.2, -0.15) is 5.26 Å². The molecule has 0 heterocycles. The summed E-state index contributed by atoms with van der Waals surface area (Å²) in [5.41, 5.74) is 1.01. The largest absolute Gasteiger partial charge is 0.228 e. The molecule has 0 bridgehead atoms. The normalized spacial score (nSPS) is 11.3. The third-order valence-corrected chi connectivity index (χ3v) is 4.36. The highest BCUT2D eigenvalue weighted by Crippen LogP contribution is 2.14. The van der Waals surface area contributed by atoms with E-state index in [1.807, 2.05) is 6.07 Å². The quantitative estimate of drug-likeness (QED) is 0.786. The predicted octanol–water partition coefficient (Wildman–Crippen LogP) is 1.88. The first-order valence-electron chi connectivity index (χ1n) is 4.67. The third kappa shape index (κ3) is 2.80. The van der Waals surface area contributed by atoms with E-state index >= 15 is 0 Å². The van der Waals surface area contributed by atoms with Crippen molar-refractivity contribution in [2.45, 2.75) is 24.9 Å². The minimum absolute atomic E-state index is 0.0611. The van der Waals surface area contributed by atoms with Gasteiger partial charge in [-0.05, 0) is 25.5 Å². The van der Waals surface area contributed by atoms with Gasteiger partial charge in [0.2, 0.25) is 0 Å². The van der Waals surface area contributed by atoms with Crippen molar-refractivity contribution in [3.8, 4) is 6.07 Å². The maximum Gasteiger partial charge on any atom is 0.156 e. The molecular formula is C11H13NO2S. The molecule has 0 aromatic heterocycles. The second-order valence-corrected chi connectivity index (χ2v) is 6.18. The Balaban J connectivity index is 3.06. The molecule has 0 aliphatic carbocycles. The zero-order chi connectivity index (χ0) is 11.5. The Morgan fingerprint density at radius 2 is 1.93 bits per heavy atom. The number of hydrogen-bond donors (Lipinski definition) is 0. The molecule has 0 N–H and O–H groups in total. The number of sulfone groups is 1. The summed E-state index contributed by atoms with van der Waals surface area (Å²) < 4.78 is 23.3. The maximum atomic E-state index is 11.7. The molecule has 0 saturated heterocycles. The first-order valence-corrected chi connectivity index (χ1v) is 6.38. The summed E-state index contributed by atoms with van der Waals surface area (Å²) in [6.45, 7) is 3.29. The molecule has 0 amide bonds. The summed E-state index contributed by atoms with van der Waals surface area (Å²) >= 11 is 0. The fourth-order valence-corrected chi connectivity index (χ4v) is 2.16. The highest BCUT2D eigenvalue weighted by molar-refractivity contribution is 7.91. The van der Waals surface area contributed by atoms with Crippen molar-refractivity contribution in [2.24, 2.45) is 0 Å². The van der Waals surface area contributed by atoms with Crippen LogP contribution in [0, 0.1) is 11.3 Å². The second kappa shape index (κ2) is 4.45. The Hall–Kier alpha value is -1.34. The molecule has 80 valence electrons. The van der Waals surface area contributed by atoms with E-state index in [4.69, 9.17) is 5.26 Å². The zero-order valence-electron chi connectivity index (χ0n) is 8.77. The minimum Gasteiger partial charge on any atom is -0.228 e. The van der Waals surface area contributed by atoms with Crippen molar-refractivity contribution in [1.29, 1.82) is 5.26 Å². The smallest absolute Gasteiger partial charge is 0.156 e. The van der Waals surface area contributed by atoms with E-state index in [1.54, 1.807) is 38.1 Å². The van der Waals surface area contributed by atoms with Gasteiger partial charge in [-0.3, -0.25) is 0 Å². The summed E-state index contributed by atoms with van der Waals surface area (Å²) in [6, 6.07) is 8.77. The van der Waals surface area contributed by atoms with Gasteiger partial charge in [0.15, 0.2) is 9.84 Å². The van der Waals surface area contributed by atoms with Crippen LogP contribution in [0.2, 0.25) is 0 Å². The standard InChI is InChI=1S/C11H13NO2S/c1-9(2)15(13,14)8-11-6-4-3-5-10(11)7-12/h3-6,9H,8H2,1-2H3. The van der Waals surface area contributed by atoms with E-state index in [9.17, 15) is 8.42 Å². The third-order valence-electron chi connectivity index (χ3n) is 2.21. The number of nitriles is 1. The van der Waals surface area contributed by atoms with E-state index in [1.165, 1.54) is 0 Å². The molecule has 15 heavy (non-hydrogen) atoms. The van der Waals surface area contributed by atoms with Crippen LogP contribution in [-0.2, 0) is 15.6 Å². The van der Waals surface area contributed by atoms with Gasteiger partial charge in [-0.25, -0.2) is 8.42 Å². The lowest BCUT2D eigenvalue weighted by molar-refractivity contribution is 0.586. The first kappa shape index (κ1) is 11.7. The maximum absolute atomic E-state index is 11.7. The SMILES string of the molecule is CC(C)S(=O)(=O)Cc1ccccc1C#N. The minimum atomic E-state index is -3.13. The fraction of sp³-hybridized carbons (Fsp3) is 0.364. The van der Waals surface area contributed by atoms with Gasteiger partial charge in [-0.1, -0.05) is 18.2 Å². The molecule has 0 fully saturated rings. The van der Waals surface area contributed by atoms with Crippen LogP contribution in [0.1, 0.15) is 25.0 Å². The fourth-order valence-electron chi connectivity index (χ4n) is 1.14. The lowest BCUT2D eigenvalue weighted by atomic mass is 10.1. The van der Waals surface area contributed by atoms with Crippen molar-refractivity contribution in [1.82, 2.24) is 0 Å². The molecule has 0 atom stereocenters. The van der Waals surface area contributed by atoms with Gasteiger partial charge in [0.1, 0.15) is 0 Å². The van der Waals surface area contributed by atoms with Gasteiger partial charge < -0.3 is 0 Å². The van der Waals surface area contributed by atoms with Gasteiger partial charge in [0.05, 0.1) is 22.6 Å². The van der Waals surface area contributed by atoms with Crippen molar-refractivity contribution < 1.29 is 8.42 Å². The summed E-state index contributed by atoms with van der Waals surface area (Å²) in [5.74, 6) is -0.0611. The van der Waals surface area contributed by atoms with Gasteiger partial charge in [0, 0.05) is 0 Å². The molecule has 4 heteroatoms. The first-order chi connectivity index (χ1) is 6.97. The Kier molecular flexibility index (Phi) is 3.48. The van der Waals surface area contributed by atoms with E-state index in [0.717, 1.165) is 0 Å². The van der Waals surface area contributed by atoms with Crippen molar-refractivity contribution in [3.05, 3.63) is 35.4 Å². The zero-order valence-corrected chi connectivity index (χ0v) is 9.58. The van der Waals surface area contributed by atoms with Crippen molar-refractivity contribution in [2.75, 3.05) is 0 Å². The van der Waals surface area contributed by atoms with Crippen molar-refractivity contribution in [3.63, 3.8) is 0 Å². The Labute approximate surface area is 90.3 Å². The second-order valence-electron chi connectivity index (χ2n) is 3.62. The van der Waals surface area contributed by atoms with Crippen LogP contribution in [0.3, 0.4) is 0 Å². The highest BCUT2D eigenvalue weighted by Gasteiger charge is 2.18. The van der Waals surface area contributed by atoms with E-state index < -0.39 is 15.1 Å². The summed E-state index contributed by atoms with van der Waals surface area (Å²) in [6.07, 6.45) is 0. The lowest BCUT2D eigenvalue weighted by Gasteiger charge is -2.08. The van der Waals surface area contributed by atoms with E-state index in [-0.39, 0.29) is 5.75 Å². The van der Waals surface area contributed by atoms with Crippen LogP contribution in [0.15, 0.2) is 24.3 Å². The van der Waals surface area contributed by atoms with Crippen LogP contribution < -0.4 is 0 Å². The Morgan fingerprint density at radius 3 is 2.47 bits per heavy atom. The summed E-state index contributed by atoms with van der Waals surface area (Å²) in [7, 11) is -3.13. The van der Waals surface area contributed by atoms with Gasteiger partial charge in [-0.15, -0.1) is 0 Å². The van der Waals surface area contributed by atoms with Gasteiger partial charge >= 0.3 is 0 Å². The monoisotopic (exact) mass is 223 g/mol. The molecule has 0 aliphatic rings. The molecule has 0 unspecified atom stereocenters. The molecule has 1 aromatic carbocycles. The van der Waals surface area contributed by atoms with Crippen molar-refractivity contribution >= 4 is 9.84 Å². The number of benzene rings is 1. The number of nitrogens with zero attached hydrogens (tertiary/aromatic N) is 1. The van der Waals surface area contributed by atoms with Gasteiger partial charge in [0.25, 0.3) is 0 Å². The van der Waals surface area contributed by atoms with E-state index in [0.29, 0.717) is 11.1 Å². The Morgan fingerprint density at radius 1 is 1.33 bits per heavy atom. The molecule has 0 radical (unpaired) electrons. The molecule has 1 rings (SSSR count). The van der Waals surface area contributed by atoms with Crippen LogP contribution in [0.25, 0.3) is 0 Å². The molecule has 0 spiro atoms. The summed E-state index contributed by atoms with van der Waals surface area (Å²) in [4.78, 5) is 0.